The molecular weight excluding hydrogens is 517 g/mol. The first-order chi connectivity index (χ1) is 16.5. The first-order valence-corrected chi connectivity index (χ1v) is 13.8. The maximum absolute atomic E-state index is 13.7. The number of aliphatic hydroxyl groups is 1. The van der Waals surface area contributed by atoms with E-state index in [2.05, 4.69) is 37.4 Å². The molecular formula is C26H32AsF2N2O4. The normalized spacial score (nSPS) is 16.7. The summed E-state index contributed by atoms with van der Waals surface area (Å²) in [7, 11) is 1.35. The van der Waals surface area contributed by atoms with Gasteiger partial charge < -0.3 is 0 Å². The number of amides is 2. The van der Waals surface area contributed by atoms with E-state index in [0.29, 0.717) is 29.8 Å². The van der Waals surface area contributed by atoms with Crippen LogP contribution in [0.2, 0.25) is 5.21 Å². The molecule has 9 heteroatoms. The van der Waals surface area contributed by atoms with Gasteiger partial charge in [0.05, 0.1) is 0 Å². The molecule has 1 saturated heterocycles. The molecule has 1 heterocycles. The Hall–Kier alpha value is -2.44. The van der Waals surface area contributed by atoms with Gasteiger partial charge in [0.2, 0.25) is 0 Å². The van der Waals surface area contributed by atoms with Crippen molar-refractivity contribution in [3.05, 3.63) is 70.8 Å². The first kappa shape index (κ1) is 27.2. The number of methoxy groups -OCH3 is 1. The molecule has 2 aromatic rings. The van der Waals surface area contributed by atoms with Crippen molar-refractivity contribution in [1.82, 2.24) is 10.2 Å². The number of carbonyl (C=O) groups is 2. The standard InChI is InChI=1S/C26H32AsF2N2O4/c1-16(2)19-6-5-7-20(11-19)26(14-31(15-26)25(34)35-4)27-13-24(33)23(30-17(3)32)10-18-8-21(28)12-22(29)9-18/h5-9,11-12,16,23-24,33H,10,13-15H2,1-4H3,(H,30,32)/t23-,24-/m0/s1. The molecule has 0 spiro atoms. The van der Waals surface area contributed by atoms with Crippen LogP contribution in [0.25, 0.3) is 0 Å². The molecule has 0 unspecified atom stereocenters. The average molecular weight is 549 g/mol. The number of nitrogens with zero attached hydrogens (tertiary/aromatic N) is 1. The molecule has 3 rings (SSSR count). The summed E-state index contributed by atoms with van der Waals surface area (Å²) in [5.41, 5.74) is 2.68. The van der Waals surface area contributed by atoms with E-state index < -0.39 is 39.5 Å². The summed E-state index contributed by atoms with van der Waals surface area (Å²) < 4.78 is 32.0. The molecule has 2 atom stereocenters. The maximum atomic E-state index is 13.7. The van der Waals surface area contributed by atoms with Crippen LogP contribution in [0.3, 0.4) is 0 Å². The predicted molar refractivity (Wildman–Crippen MR) is 130 cm³/mol. The third-order valence-corrected chi connectivity index (χ3v) is 9.81. The Kier molecular flexibility index (Phi) is 8.94. The average Bonchev–Trinajstić information content (AvgIpc) is 2.76. The van der Waals surface area contributed by atoms with Crippen LogP contribution in [0.5, 0.6) is 0 Å². The molecule has 2 aromatic carbocycles. The Morgan fingerprint density at radius 3 is 2.40 bits per heavy atom. The number of rotatable bonds is 9. The zero-order chi connectivity index (χ0) is 25.8. The molecule has 6 nitrogen and oxygen atoms in total. The van der Waals surface area contributed by atoms with E-state index in [1.807, 2.05) is 6.07 Å². The van der Waals surface area contributed by atoms with Crippen molar-refractivity contribution in [3.8, 4) is 0 Å². The van der Waals surface area contributed by atoms with Gasteiger partial charge in [-0.05, 0) is 0 Å². The van der Waals surface area contributed by atoms with Crippen molar-refractivity contribution < 1.29 is 28.2 Å². The molecule has 1 aliphatic heterocycles. The summed E-state index contributed by atoms with van der Waals surface area (Å²) in [6, 6.07) is 10.8. The fraction of sp³-hybridized carbons (Fsp3) is 0.462. The van der Waals surface area contributed by atoms with Gasteiger partial charge in [0.1, 0.15) is 0 Å². The second kappa shape index (κ2) is 11.5. The van der Waals surface area contributed by atoms with Gasteiger partial charge in [0.25, 0.3) is 0 Å². The molecule has 0 aromatic heterocycles. The summed E-state index contributed by atoms with van der Waals surface area (Å²) in [5, 5.41) is 14.2. The van der Waals surface area contributed by atoms with E-state index in [9.17, 15) is 23.5 Å². The van der Waals surface area contributed by atoms with Crippen LogP contribution >= 0.6 is 0 Å². The zero-order valence-electron chi connectivity index (χ0n) is 20.4. The van der Waals surface area contributed by atoms with Gasteiger partial charge in [0.15, 0.2) is 0 Å². The summed E-state index contributed by atoms with van der Waals surface area (Å²) in [6.07, 6.45) is -1.20. The summed E-state index contributed by atoms with van der Waals surface area (Å²) in [5.74, 6) is -1.39. The van der Waals surface area contributed by atoms with Crippen molar-refractivity contribution in [1.29, 1.82) is 0 Å². The van der Waals surface area contributed by atoms with E-state index in [0.717, 1.165) is 11.6 Å². The number of aliphatic hydroxyl groups excluding tert-OH is 1. The fourth-order valence-corrected chi connectivity index (χ4v) is 7.80. The molecule has 1 radical (unpaired) electrons. The molecule has 35 heavy (non-hydrogen) atoms. The van der Waals surface area contributed by atoms with Crippen molar-refractivity contribution >= 4 is 27.8 Å². The van der Waals surface area contributed by atoms with Crippen LogP contribution < -0.4 is 5.32 Å². The fourth-order valence-electron chi connectivity index (χ4n) is 4.33. The number of carbonyl (C=O) groups excluding carboxylic acids is 2. The monoisotopic (exact) mass is 549 g/mol. The number of likely N-dealkylation sites (tertiary alicyclic amines) is 1. The van der Waals surface area contributed by atoms with Crippen molar-refractivity contribution in [3.63, 3.8) is 0 Å². The second-order valence-corrected chi connectivity index (χ2v) is 12.6. The van der Waals surface area contributed by atoms with Crippen LogP contribution in [0.4, 0.5) is 13.6 Å². The Morgan fingerprint density at radius 1 is 1.17 bits per heavy atom. The molecule has 0 aliphatic carbocycles. The topological polar surface area (TPSA) is 78.9 Å². The zero-order valence-corrected chi connectivity index (χ0v) is 22.3. The Balaban J connectivity index is 1.79. The van der Waals surface area contributed by atoms with E-state index in [1.54, 1.807) is 4.90 Å². The van der Waals surface area contributed by atoms with Crippen LogP contribution in [0.1, 0.15) is 43.4 Å². The summed E-state index contributed by atoms with van der Waals surface area (Å²) >= 11 is -0.511. The van der Waals surface area contributed by atoms with E-state index in [4.69, 9.17) is 4.74 Å². The summed E-state index contributed by atoms with van der Waals surface area (Å²) in [6.45, 7) is 6.58. The van der Waals surface area contributed by atoms with Gasteiger partial charge in [-0.2, -0.15) is 0 Å². The molecule has 2 N–H and O–H groups in total. The van der Waals surface area contributed by atoms with Crippen molar-refractivity contribution in [2.45, 2.75) is 54.7 Å². The van der Waals surface area contributed by atoms with Crippen LogP contribution in [-0.4, -0.2) is 70.1 Å². The first-order valence-electron chi connectivity index (χ1n) is 11.5. The molecule has 1 aliphatic rings. The number of ether oxygens (including phenoxy) is 1. The van der Waals surface area contributed by atoms with Crippen LogP contribution in [0, 0.1) is 11.6 Å². The van der Waals surface area contributed by atoms with Crippen LogP contribution in [-0.2, 0) is 20.2 Å². The van der Waals surface area contributed by atoms with Crippen LogP contribution in [0.15, 0.2) is 42.5 Å². The minimum absolute atomic E-state index is 0.0979. The number of hydrogen-bond acceptors (Lipinski definition) is 4. The minimum atomic E-state index is -0.914. The van der Waals surface area contributed by atoms with Crippen molar-refractivity contribution in [2.75, 3.05) is 20.2 Å². The molecule has 0 saturated carbocycles. The van der Waals surface area contributed by atoms with Gasteiger partial charge in [-0.1, -0.05) is 0 Å². The van der Waals surface area contributed by atoms with E-state index in [1.165, 1.54) is 31.7 Å². The molecule has 2 amide bonds. The number of nitrogens with one attached hydrogen (secondary N) is 1. The van der Waals surface area contributed by atoms with Gasteiger partial charge in [0, 0.05) is 0 Å². The Bertz CT molecular complexity index is 1040. The predicted octanol–water partition coefficient (Wildman–Crippen LogP) is 3.60. The van der Waals surface area contributed by atoms with Crippen molar-refractivity contribution in [2.24, 2.45) is 0 Å². The summed E-state index contributed by atoms with van der Waals surface area (Å²) in [4.78, 5) is 25.5. The molecule has 0 bridgehead atoms. The van der Waals surface area contributed by atoms with Gasteiger partial charge in [-0.3, -0.25) is 0 Å². The Morgan fingerprint density at radius 2 is 1.83 bits per heavy atom. The number of halogens is 2. The quantitative estimate of drug-likeness (QED) is 0.469. The van der Waals surface area contributed by atoms with Gasteiger partial charge in [-0.15, -0.1) is 0 Å². The SMILES string of the molecule is COC(=O)N1CC([As]C[C@H](O)[C@H](Cc2cc(F)cc(F)c2)NC(C)=O)(c2cccc(C(C)C)c2)C1. The third-order valence-electron chi connectivity index (χ3n) is 6.24. The molecule has 189 valence electrons. The van der Waals surface area contributed by atoms with Gasteiger partial charge >= 0.3 is 212 Å². The number of benzene rings is 2. The number of hydrogen-bond donors (Lipinski definition) is 2. The van der Waals surface area contributed by atoms with E-state index >= 15 is 0 Å². The third kappa shape index (κ3) is 6.83. The Labute approximate surface area is 211 Å². The van der Waals surface area contributed by atoms with Gasteiger partial charge in [-0.25, -0.2) is 0 Å². The van der Waals surface area contributed by atoms with E-state index in [-0.39, 0.29) is 22.6 Å². The second-order valence-electron chi connectivity index (χ2n) is 9.33. The molecule has 1 fully saturated rings.